The average molecular weight is 342 g/mol. The van der Waals surface area contributed by atoms with E-state index < -0.39 is 10.8 Å². The zero-order chi connectivity index (χ0) is 14.0. The molecule has 0 saturated heterocycles. The van der Waals surface area contributed by atoms with Gasteiger partial charge in [0.2, 0.25) is 0 Å². The summed E-state index contributed by atoms with van der Waals surface area (Å²) in [5.74, 6) is 0.600. The molecule has 102 valence electrons. The number of nitrogen functional groups attached to an aromatic ring is 1. The van der Waals surface area contributed by atoms with Crippen molar-refractivity contribution in [3.8, 4) is 0 Å². The summed E-state index contributed by atoms with van der Waals surface area (Å²) in [5, 5.41) is 4.24. The molecule has 0 spiro atoms. The summed E-state index contributed by atoms with van der Waals surface area (Å²) >= 11 is 3.40. The van der Waals surface area contributed by atoms with Crippen molar-refractivity contribution in [1.29, 1.82) is 0 Å². The van der Waals surface area contributed by atoms with Crippen LogP contribution in [-0.2, 0) is 10.8 Å². The van der Waals surface area contributed by atoms with Gasteiger partial charge in [-0.1, -0.05) is 0 Å². The summed E-state index contributed by atoms with van der Waals surface area (Å²) in [6.07, 6.45) is 3.45. The molecule has 1 heterocycles. The number of anilines is 2. The van der Waals surface area contributed by atoms with E-state index in [1.807, 2.05) is 25.1 Å². The second kappa shape index (κ2) is 5.88. The maximum absolute atomic E-state index is 11.2. The molecule has 2 atom stereocenters. The highest BCUT2D eigenvalue weighted by Crippen LogP contribution is 2.29. The highest BCUT2D eigenvalue weighted by Gasteiger charge is 2.10. The standard InChI is InChI=1S/C13H16BrN3OS/c1-8(7-19(2)18)17-12-4-3-11(15)10-5-9(14)6-16-13(10)12/h3-6,8,17H,7,15H2,1-2H3. The molecule has 2 aromatic rings. The number of rotatable bonds is 4. The van der Waals surface area contributed by atoms with Crippen LogP contribution in [-0.4, -0.2) is 27.2 Å². The van der Waals surface area contributed by atoms with Crippen LogP contribution in [0.2, 0.25) is 0 Å². The number of nitrogens with zero attached hydrogens (tertiary/aromatic N) is 1. The molecule has 0 bridgehead atoms. The van der Waals surface area contributed by atoms with Gasteiger partial charge in [0.1, 0.15) is 0 Å². The maximum Gasteiger partial charge on any atom is 0.0954 e. The molecule has 2 unspecified atom stereocenters. The SMILES string of the molecule is CC(CS(C)=O)Nc1ccc(N)c2cc(Br)cnc12. The summed E-state index contributed by atoms with van der Waals surface area (Å²) in [6, 6.07) is 5.83. The van der Waals surface area contributed by atoms with Crippen molar-refractivity contribution >= 4 is 49.0 Å². The lowest BCUT2D eigenvalue weighted by atomic mass is 10.1. The smallest absolute Gasteiger partial charge is 0.0954 e. The van der Waals surface area contributed by atoms with E-state index in [1.165, 1.54) is 0 Å². The lowest BCUT2D eigenvalue weighted by Gasteiger charge is -2.16. The Balaban J connectivity index is 2.39. The molecule has 0 fully saturated rings. The molecule has 0 aliphatic rings. The number of nitrogens with one attached hydrogen (secondary N) is 1. The molecular formula is C13H16BrN3OS. The summed E-state index contributed by atoms with van der Waals surface area (Å²) in [7, 11) is -0.826. The minimum absolute atomic E-state index is 0.114. The van der Waals surface area contributed by atoms with Gasteiger partial charge in [-0.2, -0.15) is 0 Å². The third kappa shape index (κ3) is 3.45. The molecule has 0 saturated carbocycles. The third-order valence-electron chi connectivity index (χ3n) is 2.74. The summed E-state index contributed by atoms with van der Waals surface area (Å²) in [5.41, 5.74) is 8.41. The van der Waals surface area contributed by atoms with Gasteiger partial charge in [-0.05, 0) is 41.1 Å². The molecular weight excluding hydrogens is 326 g/mol. The van der Waals surface area contributed by atoms with Gasteiger partial charge in [0.25, 0.3) is 0 Å². The summed E-state index contributed by atoms with van der Waals surface area (Å²) in [4.78, 5) is 4.41. The van der Waals surface area contributed by atoms with E-state index in [1.54, 1.807) is 12.5 Å². The highest BCUT2D eigenvalue weighted by molar-refractivity contribution is 9.10. The van der Waals surface area contributed by atoms with Gasteiger partial charge in [-0.3, -0.25) is 9.19 Å². The Morgan fingerprint density at radius 1 is 1.53 bits per heavy atom. The number of nitrogens with two attached hydrogens (primary N) is 1. The molecule has 4 nitrogen and oxygen atoms in total. The fraction of sp³-hybridized carbons (Fsp3) is 0.308. The number of aromatic nitrogens is 1. The lowest BCUT2D eigenvalue weighted by Crippen LogP contribution is -2.22. The van der Waals surface area contributed by atoms with Gasteiger partial charge in [-0.15, -0.1) is 0 Å². The monoisotopic (exact) mass is 341 g/mol. The summed E-state index contributed by atoms with van der Waals surface area (Å²) < 4.78 is 12.1. The Kier molecular flexibility index (Phi) is 4.42. The highest BCUT2D eigenvalue weighted by atomic mass is 79.9. The van der Waals surface area contributed by atoms with Crippen LogP contribution in [0.25, 0.3) is 10.9 Å². The number of fused-ring (bicyclic) bond motifs is 1. The van der Waals surface area contributed by atoms with Gasteiger partial charge >= 0.3 is 0 Å². The Morgan fingerprint density at radius 3 is 2.95 bits per heavy atom. The van der Waals surface area contributed by atoms with E-state index in [2.05, 4.69) is 26.2 Å². The number of hydrogen-bond donors (Lipinski definition) is 2. The molecule has 6 heteroatoms. The first-order chi connectivity index (χ1) is 8.97. The summed E-state index contributed by atoms with van der Waals surface area (Å²) in [6.45, 7) is 2.00. The molecule has 1 aromatic carbocycles. The maximum atomic E-state index is 11.2. The predicted molar refractivity (Wildman–Crippen MR) is 85.9 cm³/mol. The van der Waals surface area contributed by atoms with Crippen LogP contribution >= 0.6 is 15.9 Å². The molecule has 19 heavy (non-hydrogen) atoms. The van der Waals surface area contributed by atoms with Crippen LogP contribution in [0.1, 0.15) is 6.92 Å². The van der Waals surface area contributed by atoms with Crippen LogP contribution < -0.4 is 11.1 Å². The first kappa shape index (κ1) is 14.3. The van der Waals surface area contributed by atoms with Crippen molar-refractivity contribution in [3.05, 3.63) is 28.9 Å². The zero-order valence-electron chi connectivity index (χ0n) is 10.8. The first-order valence-electron chi connectivity index (χ1n) is 5.87. The van der Waals surface area contributed by atoms with E-state index in [4.69, 9.17) is 5.73 Å². The number of hydrogen-bond acceptors (Lipinski definition) is 4. The first-order valence-corrected chi connectivity index (χ1v) is 8.39. The van der Waals surface area contributed by atoms with Crippen molar-refractivity contribution in [2.75, 3.05) is 23.1 Å². The van der Waals surface area contributed by atoms with E-state index in [9.17, 15) is 4.21 Å². The van der Waals surface area contributed by atoms with Gasteiger partial charge in [0, 0.05) is 50.6 Å². The Bertz CT molecular complexity index is 633. The molecule has 0 amide bonds. The van der Waals surface area contributed by atoms with Crippen molar-refractivity contribution < 1.29 is 4.21 Å². The Morgan fingerprint density at radius 2 is 2.26 bits per heavy atom. The molecule has 2 rings (SSSR count). The van der Waals surface area contributed by atoms with Crippen LogP contribution in [0.15, 0.2) is 28.9 Å². The van der Waals surface area contributed by atoms with Crippen LogP contribution in [0, 0.1) is 0 Å². The predicted octanol–water partition coefficient (Wildman–Crippen LogP) is 2.76. The van der Waals surface area contributed by atoms with Gasteiger partial charge < -0.3 is 11.1 Å². The van der Waals surface area contributed by atoms with Crippen molar-refractivity contribution in [2.45, 2.75) is 13.0 Å². The largest absolute Gasteiger partial charge is 0.398 e. The topological polar surface area (TPSA) is 68.0 Å². The Labute approximate surface area is 123 Å². The normalized spacial score (nSPS) is 14.3. The van der Waals surface area contributed by atoms with E-state index in [0.717, 1.165) is 21.1 Å². The lowest BCUT2D eigenvalue weighted by molar-refractivity contribution is 0.683. The Hall–Kier alpha value is -1.14. The fourth-order valence-corrected chi connectivity index (χ4v) is 3.11. The zero-order valence-corrected chi connectivity index (χ0v) is 13.2. The van der Waals surface area contributed by atoms with Crippen molar-refractivity contribution in [3.63, 3.8) is 0 Å². The molecule has 0 aliphatic heterocycles. The minimum atomic E-state index is -0.826. The van der Waals surface area contributed by atoms with Crippen LogP contribution in [0.3, 0.4) is 0 Å². The number of benzene rings is 1. The third-order valence-corrected chi connectivity index (χ3v) is 4.14. The molecule has 0 aliphatic carbocycles. The average Bonchev–Trinajstić information content (AvgIpc) is 2.32. The van der Waals surface area contributed by atoms with Crippen molar-refractivity contribution in [1.82, 2.24) is 4.98 Å². The number of halogens is 1. The van der Waals surface area contributed by atoms with E-state index >= 15 is 0 Å². The quantitative estimate of drug-likeness (QED) is 0.839. The van der Waals surface area contributed by atoms with E-state index in [-0.39, 0.29) is 6.04 Å². The van der Waals surface area contributed by atoms with E-state index in [0.29, 0.717) is 11.4 Å². The molecule has 1 aromatic heterocycles. The molecule has 0 radical (unpaired) electrons. The fourth-order valence-electron chi connectivity index (χ4n) is 1.99. The van der Waals surface area contributed by atoms with Crippen LogP contribution in [0.5, 0.6) is 0 Å². The number of pyridine rings is 1. The minimum Gasteiger partial charge on any atom is -0.398 e. The van der Waals surface area contributed by atoms with Crippen LogP contribution in [0.4, 0.5) is 11.4 Å². The molecule has 3 N–H and O–H groups in total. The van der Waals surface area contributed by atoms with Crippen molar-refractivity contribution in [2.24, 2.45) is 0 Å². The van der Waals surface area contributed by atoms with Gasteiger partial charge in [-0.25, -0.2) is 0 Å². The van der Waals surface area contributed by atoms with Gasteiger partial charge in [0.05, 0.1) is 11.2 Å². The second-order valence-electron chi connectivity index (χ2n) is 4.54. The second-order valence-corrected chi connectivity index (χ2v) is 6.93. The van der Waals surface area contributed by atoms with Gasteiger partial charge in [0.15, 0.2) is 0 Å².